The Morgan fingerprint density at radius 1 is 1.07 bits per heavy atom. The van der Waals surface area contributed by atoms with Crippen LogP contribution in [0.2, 0.25) is 0 Å². The highest BCUT2D eigenvalue weighted by Crippen LogP contribution is 2.28. The predicted molar refractivity (Wildman–Crippen MR) is 119 cm³/mol. The summed E-state index contributed by atoms with van der Waals surface area (Å²) >= 11 is 0. The van der Waals surface area contributed by atoms with Gasteiger partial charge in [0.2, 0.25) is 0 Å². The van der Waals surface area contributed by atoms with Gasteiger partial charge in [-0.25, -0.2) is 5.43 Å². The second kappa shape index (κ2) is 10.4. The standard InChI is InChI=1S/C24H34N4O2/c1-30-23-9-7-20(8-10-23)24-21(15-25-26-24)17-27-12-13-28(22(18-27)11-14-29)16-19-5-3-2-4-6-19/h2-10,21-22,24-26,29H,11-18H2,1H3. The molecule has 0 spiro atoms. The Bertz CT molecular complexity index is 771. The fraction of sp³-hybridized carbons (Fsp3) is 0.500. The van der Waals surface area contributed by atoms with Crippen LogP contribution in [0.4, 0.5) is 0 Å². The van der Waals surface area contributed by atoms with Gasteiger partial charge in [0.15, 0.2) is 0 Å². The molecule has 2 saturated heterocycles. The predicted octanol–water partition coefficient (Wildman–Crippen LogP) is 2.03. The van der Waals surface area contributed by atoms with Crippen LogP contribution in [0.3, 0.4) is 0 Å². The molecule has 6 heteroatoms. The summed E-state index contributed by atoms with van der Waals surface area (Å²) in [6.45, 7) is 6.34. The summed E-state index contributed by atoms with van der Waals surface area (Å²) in [6, 6.07) is 19.7. The minimum atomic E-state index is 0.241. The summed E-state index contributed by atoms with van der Waals surface area (Å²) in [5.74, 6) is 1.40. The normalized spacial score (nSPS) is 25.5. The third-order valence-corrected chi connectivity index (χ3v) is 6.44. The van der Waals surface area contributed by atoms with Crippen LogP contribution < -0.4 is 15.6 Å². The van der Waals surface area contributed by atoms with Crippen LogP contribution in [-0.2, 0) is 6.54 Å². The summed E-state index contributed by atoms with van der Waals surface area (Å²) in [5.41, 5.74) is 9.46. The van der Waals surface area contributed by atoms with E-state index >= 15 is 0 Å². The van der Waals surface area contributed by atoms with E-state index in [1.54, 1.807) is 7.11 Å². The first kappa shape index (κ1) is 21.3. The lowest BCUT2D eigenvalue weighted by Gasteiger charge is -2.42. The number of ether oxygens (including phenoxy) is 1. The van der Waals surface area contributed by atoms with Crippen LogP contribution >= 0.6 is 0 Å². The van der Waals surface area contributed by atoms with Crippen LogP contribution in [0.15, 0.2) is 54.6 Å². The van der Waals surface area contributed by atoms with E-state index in [9.17, 15) is 5.11 Å². The minimum Gasteiger partial charge on any atom is -0.497 e. The van der Waals surface area contributed by atoms with Gasteiger partial charge in [0.25, 0.3) is 0 Å². The maximum absolute atomic E-state index is 9.63. The molecule has 2 aromatic carbocycles. The molecule has 30 heavy (non-hydrogen) atoms. The summed E-state index contributed by atoms with van der Waals surface area (Å²) in [6.07, 6.45) is 0.826. The molecule has 0 amide bonds. The molecule has 2 aromatic rings. The van der Waals surface area contributed by atoms with Gasteiger partial charge in [-0.2, -0.15) is 0 Å². The molecule has 0 radical (unpaired) electrons. The van der Waals surface area contributed by atoms with Crippen LogP contribution in [0.25, 0.3) is 0 Å². The van der Waals surface area contributed by atoms with Gasteiger partial charge in [-0.1, -0.05) is 42.5 Å². The molecule has 4 rings (SSSR count). The molecule has 2 aliphatic heterocycles. The highest BCUT2D eigenvalue weighted by atomic mass is 16.5. The van der Waals surface area contributed by atoms with Crippen LogP contribution in [0.5, 0.6) is 5.75 Å². The number of hydrogen-bond acceptors (Lipinski definition) is 6. The zero-order valence-electron chi connectivity index (χ0n) is 17.8. The quantitative estimate of drug-likeness (QED) is 0.619. The van der Waals surface area contributed by atoms with Gasteiger partial charge in [-0.15, -0.1) is 0 Å². The number of nitrogens with one attached hydrogen (secondary N) is 2. The number of aliphatic hydroxyl groups excluding tert-OH is 1. The van der Waals surface area contributed by atoms with Gasteiger partial charge in [0.05, 0.1) is 13.2 Å². The highest BCUT2D eigenvalue weighted by Gasteiger charge is 2.33. The maximum atomic E-state index is 9.63. The van der Waals surface area contributed by atoms with Crippen molar-refractivity contribution < 1.29 is 9.84 Å². The molecule has 3 unspecified atom stereocenters. The van der Waals surface area contributed by atoms with Crippen molar-refractivity contribution >= 4 is 0 Å². The smallest absolute Gasteiger partial charge is 0.118 e. The van der Waals surface area contributed by atoms with E-state index in [4.69, 9.17) is 4.74 Å². The SMILES string of the molecule is COc1ccc(C2NNCC2CN2CCN(Cc3ccccc3)C(CCO)C2)cc1. The van der Waals surface area contributed by atoms with Gasteiger partial charge < -0.3 is 14.7 Å². The first-order valence-corrected chi connectivity index (χ1v) is 11.0. The Labute approximate surface area is 179 Å². The van der Waals surface area contributed by atoms with Crippen molar-refractivity contribution in [1.82, 2.24) is 20.7 Å². The molecule has 0 saturated carbocycles. The number of hydrazine groups is 1. The largest absolute Gasteiger partial charge is 0.497 e. The molecular weight excluding hydrogens is 376 g/mol. The van der Waals surface area contributed by atoms with Gasteiger partial charge in [0.1, 0.15) is 5.75 Å². The van der Waals surface area contributed by atoms with Gasteiger partial charge in [-0.05, 0) is 29.7 Å². The monoisotopic (exact) mass is 410 g/mol. The number of aliphatic hydroxyl groups is 1. The zero-order valence-corrected chi connectivity index (χ0v) is 17.8. The summed E-state index contributed by atoms with van der Waals surface area (Å²) in [5, 5.41) is 9.63. The van der Waals surface area contributed by atoms with Crippen LogP contribution in [0, 0.1) is 5.92 Å². The topological polar surface area (TPSA) is 60.0 Å². The number of hydrogen-bond donors (Lipinski definition) is 3. The Kier molecular flexibility index (Phi) is 7.36. The third-order valence-electron chi connectivity index (χ3n) is 6.44. The number of benzene rings is 2. The van der Waals surface area contributed by atoms with E-state index in [2.05, 4.69) is 63.1 Å². The zero-order chi connectivity index (χ0) is 20.8. The summed E-state index contributed by atoms with van der Waals surface area (Å²) in [7, 11) is 1.70. The van der Waals surface area contributed by atoms with E-state index in [0.29, 0.717) is 18.0 Å². The van der Waals surface area contributed by atoms with Crippen molar-refractivity contribution in [2.75, 3.05) is 46.4 Å². The van der Waals surface area contributed by atoms with E-state index in [1.165, 1.54) is 11.1 Å². The highest BCUT2D eigenvalue weighted by molar-refractivity contribution is 5.30. The number of methoxy groups -OCH3 is 1. The van der Waals surface area contributed by atoms with Gasteiger partial charge >= 0.3 is 0 Å². The van der Waals surface area contributed by atoms with E-state index in [1.807, 2.05) is 12.1 Å². The lowest BCUT2D eigenvalue weighted by atomic mass is 9.93. The number of nitrogens with zero attached hydrogens (tertiary/aromatic N) is 2. The molecular formula is C24H34N4O2. The molecule has 2 heterocycles. The van der Waals surface area contributed by atoms with Crippen molar-refractivity contribution in [3.8, 4) is 5.75 Å². The number of piperazine rings is 1. The van der Waals surface area contributed by atoms with Gasteiger partial charge in [-0.3, -0.25) is 10.3 Å². The van der Waals surface area contributed by atoms with Crippen molar-refractivity contribution in [2.45, 2.75) is 25.0 Å². The molecule has 2 fully saturated rings. The first-order chi connectivity index (χ1) is 14.8. The average Bonchev–Trinajstić information content (AvgIpc) is 3.24. The van der Waals surface area contributed by atoms with Crippen molar-refractivity contribution in [2.24, 2.45) is 5.92 Å². The molecule has 3 N–H and O–H groups in total. The van der Waals surface area contributed by atoms with E-state index < -0.39 is 0 Å². The first-order valence-electron chi connectivity index (χ1n) is 11.0. The molecule has 3 atom stereocenters. The fourth-order valence-electron chi connectivity index (χ4n) is 4.78. The second-order valence-electron chi connectivity index (χ2n) is 8.42. The molecule has 0 bridgehead atoms. The third kappa shape index (κ3) is 5.20. The molecule has 0 aliphatic carbocycles. The minimum absolute atomic E-state index is 0.241. The van der Waals surface area contributed by atoms with E-state index in [-0.39, 0.29) is 6.61 Å². The Balaban J connectivity index is 1.37. The maximum Gasteiger partial charge on any atom is 0.118 e. The second-order valence-corrected chi connectivity index (χ2v) is 8.42. The molecule has 6 nitrogen and oxygen atoms in total. The lowest BCUT2D eigenvalue weighted by molar-refractivity contribution is 0.0457. The summed E-state index contributed by atoms with van der Waals surface area (Å²) in [4.78, 5) is 5.12. The van der Waals surface area contributed by atoms with Crippen molar-refractivity contribution in [3.05, 3.63) is 65.7 Å². The molecule has 162 valence electrons. The molecule has 0 aromatic heterocycles. The van der Waals surface area contributed by atoms with Gasteiger partial charge in [0, 0.05) is 57.8 Å². The Hall–Kier alpha value is -1.96. The lowest BCUT2D eigenvalue weighted by Crippen LogP contribution is -2.54. The Morgan fingerprint density at radius 3 is 2.60 bits per heavy atom. The van der Waals surface area contributed by atoms with Crippen LogP contribution in [0.1, 0.15) is 23.6 Å². The average molecular weight is 411 g/mol. The van der Waals surface area contributed by atoms with Crippen LogP contribution in [-0.4, -0.2) is 67.4 Å². The fourth-order valence-corrected chi connectivity index (χ4v) is 4.78. The molecule has 2 aliphatic rings. The van der Waals surface area contributed by atoms with Crippen molar-refractivity contribution in [3.63, 3.8) is 0 Å². The van der Waals surface area contributed by atoms with E-state index in [0.717, 1.165) is 51.4 Å². The number of rotatable bonds is 8. The van der Waals surface area contributed by atoms with Crippen molar-refractivity contribution in [1.29, 1.82) is 0 Å². The Morgan fingerprint density at radius 2 is 1.87 bits per heavy atom. The summed E-state index contributed by atoms with van der Waals surface area (Å²) < 4.78 is 5.30.